The lowest BCUT2D eigenvalue weighted by Crippen LogP contribution is -2.40. The van der Waals surface area contributed by atoms with Gasteiger partial charge in [0.05, 0.1) is 30.4 Å². The maximum Gasteiger partial charge on any atom is 0.255 e. The Hall–Kier alpha value is -3.83. The molecule has 10 heteroatoms. The molecule has 3 aromatic carbocycles. The number of nitrogens with one attached hydrogen (secondary N) is 1. The van der Waals surface area contributed by atoms with Crippen molar-refractivity contribution in [2.45, 2.75) is 69.5 Å². The van der Waals surface area contributed by atoms with Gasteiger partial charge in [0.15, 0.2) is 8.32 Å². The molecule has 4 aromatic rings. The number of benzene rings is 3. The highest BCUT2D eigenvalue weighted by molar-refractivity contribution is 6.71. The summed E-state index contributed by atoms with van der Waals surface area (Å²) in [6.07, 6.45) is 4.28. The van der Waals surface area contributed by atoms with E-state index in [2.05, 4.69) is 22.6 Å². The van der Waals surface area contributed by atoms with Crippen molar-refractivity contribution in [1.82, 2.24) is 15.0 Å². The van der Waals surface area contributed by atoms with Crippen LogP contribution >= 0.6 is 0 Å². The summed E-state index contributed by atoms with van der Waals surface area (Å²) >= 11 is 0. The molecule has 5 N–H and O–H groups in total. The molecule has 0 spiro atoms. The largest absolute Gasteiger partial charge is 0.432 e. The Morgan fingerprint density at radius 3 is 2.39 bits per heavy atom. The second kappa shape index (κ2) is 13.9. The van der Waals surface area contributed by atoms with Gasteiger partial charge in [-0.05, 0) is 85.8 Å². The minimum atomic E-state index is -2.51. The van der Waals surface area contributed by atoms with Gasteiger partial charge in [-0.2, -0.15) is 0 Å². The van der Waals surface area contributed by atoms with E-state index in [9.17, 15) is 14.7 Å². The van der Waals surface area contributed by atoms with Crippen LogP contribution in [0.2, 0.25) is 18.6 Å². The molecule has 0 aliphatic carbocycles. The second-order valence-corrected chi connectivity index (χ2v) is 16.4. The standard InChI is InChI=1S/C34H43N5O4Si/c1-23-31(18-11-24-9-16-28(17-10-24)36-34(41)26-12-14-27(35)15-13-26)43-32(33(23)44(2,3)42)19-20-39-21-30(37-38-39)29(22-40)25-7-5-4-6-8-25/h4-10,12-17,21,23,29,31-33,40,42H,11,18-20,22,35H2,1-3H3,(H,36,41)/t23-,29?,31+,32-,33+/m0/s1. The first kappa shape index (κ1) is 31.6. The smallest absolute Gasteiger partial charge is 0.255 e. The summed E-state index contributed by atoms with van der Waals surface area (Å²) < 4.78 is 8.46. The third kappa shape index (κ3) is 7.62. The van der Waals surface area contributed by atoms with Crippen LogP contribution in [-0.2, 0) is 17.7 Å². The number of carbonyl (C=O) groups is 1. The number of aryl methyl sites for hydroxylation is 2. The van der Waals surface area contributed by atoms with E-state index in [1.807, 2.05) is 78.6 Å². The molecule has 2 heterocycles. The highest BCUT2D eigenvalue weighted by atomic mass is 28.4. The molecule has 9 nitrogen and oxygen atoms in total. The number of hydrogen-bond acceptors (Lipinski definition) is 7. The summed E-state index contributed by atoms with van der Waals surface area (Å²) in [4.78, 5) is 23.8. The van der Waals surface area contributed by atoms with Crippen LogP contribution in [0.25, 0.3) is 0 Å². The lowest BCUT2D eigenvalue weighted by molar-refractivity contribution is 0.0245. The van der Waals surface area contributed by atoms with Crippen LogP contribution in [0.3, 0.4) is 0 Å². The highest BCUT2D eigenvalue weighted by Crippen LogP contribution is 2.45. The molecule has 1 aliphatic heterocycles. The molecule has 5 atom stereocenters. The quantitative estimate of drug-likeness (QED) is 0.127. The zero-order chi connectivity index (χ0) is 31.3. The molecule has 1 saturated heterocycles. The number of aliphatic hydroxyl groups excluding tert-OH is 1. The van der Waals surface area contributed by atoms with E-state index >= 15 is 0 Å². The van der Waals surface area contributed by atoms with E-state index in [0.29, 0.717) is 17.8 Å². The Bertz CT molecular complexity index is 1510. The molecular formula is C34H43N5O4Si. The summed E-state index contributed by atoms with van der Waals surface area (Å²) in [5, 5.41) is 21.6. The second-order valence-electron chi connectivity index (χ2n) is 12.4. The van der Waals surface area contributed by atoms with Gasteiger partial charge in [-0.3, -0.25) is 9.48 Å². The van der Waals surface area contributed by atoms with Crippen molar-refractivity contribution in [3.8, 4) is 0 Å². The number of aliphatic hydroxyl groups is 1. The predicted molar refractivity (Wildman–Crippen MR) is 175 cm³/mol. The Balaban J connectivity index is 1.17. The molecule has 1 amide bonds. The summed E-state index contributed by atoms with van der Waals surface area (Å²) in [6.45, 7) is 6.79. The minimum absolute atomic E-state index is 0.0389. The first-order valence-electron chi connectivity index (χ1n) is 15.3. The molecule has 0 radical (unpaired) electrons. The average Bonchev–Trinajstić information content (AvgIpc) is 3.60. The lowest BCUT2D eigenvalue weighted by atomic mass is 9.95. The predicted octanol–water partition coefficient (Wildman–Crippen LogP) is 5.23. The maximum absolute atomic E-state index is 12.5. The third-order valence-electron chi connectivity index (χ3n) is 8.76. The van der Waals surface area contributed by atoms with E-state index in [0.717, 1.165) is 36.2 Å². The molecule has 0 bridgehead atoms. The van der Waals surface area contributed by atoms with Gasteiger partial charge in [0.25, 0.3) is 5.91 Å². The van der Waals surface area contributed by atoms with E-state index < -0.39 is 8.32 Å². The molecular weight excluding hydrogens is 570 g/mol. The Morgan fingerprint density at radius 2 is 1.73 bits per heavy atom. The topological polar surface area (TPSA) is 136 Å². The van der Waals surface area contributed by atoms with Crippen LogP contribution in [0.1, 0.15) is 52.9 Å². The fourth-order valence-electron chi connectivity index (χ4n) is 6.48. The fraction of sp³-hybridized carbons (Fsp3) is 0.382. The van der Waals surface area contributed by atoms with Crippen molar-refractivity contribution < 1.29 is 19.4 Å². The molecule has 232 valence electrons. The first-order valence-corrected chi connectivity index (χ1v) is 18.3. The zero-order valence-electron chi connectivity index (χ0n) is 25.6. The van der Waals surface area contributed by atoms with E-state index in [-0.39, 0.29) is 42.1 Å². The number of anilines is 2. The van der Waals surface area contributed by atoms with Crippen molar-refractivity contribution >= 4 is 25.6 Å². The van der Waals surface area contributed by atoms with Crippen molar-refractivity contribution in [1.29, 1.82) is 0 Å². The number of hydrogen-bond donors (Lipinski definition) is 4. The molecule has 1 aromatic heterocycles. The third-order valence-corrected chi connectivity index (χ3v) is 11.3. The fourth-order valence-corrected chi connectivity index (χ4v) is 9.13. The van der Waals surface area contributed by atoms with Crippen molar-refractivity contribution in [3.05, 3.63) is 107 Å². The number of nitrogens with two attached hydrogens (primary N) is 1. The van der Waals surface area contributed by atoms with Gasteiger partial charge in [-0.15, -0.1) is 5.10 Å². The van der Waals surface area contributed by atoms with Gasteiger partial charge in [-0.25, -0.2) is 0 Å². The Labute approximate surface area is 260 Å². The molecule has 1 unspecified atom stereocenters. The SMILES string of the molecule is C[C@@H]1[C@@H]([Si](C)(C)O)[C@H](CCn2cc(C(CO)c3ccccc3)nn2)O[C@@H]1CCc1ccc(NC(=O)c2ccc(N)cc2)cc1. The van der Waals surface area contributed by atoms with Crippen LogP contribution in [-0.4, -0.2) is 57.9 Å². The van der Waals surface area contributed by atoms with Gasteiger partial charge in [-0.1, -0.05) is 54.6 Å². The number of carbonyl (C=O) groups excluding carboxylic acids is 1. The molecule has 1 fully saturated rings. The lowest BCUT2D eigenvalue weighted by Gasteiger charge is -2.30. The molecule has 1 aliphatic rings. The van der Waals surface area contributed by atoms with Crippen LogP contribution < -0.4 is 11.1 Å². The summed E-state index contributed by atoms with van der Waals surface area (Å²) in [5.41, 5.74) is 10.6. The van der Waals surface area contributed by atoms with Gasteiger partial charge in [0, 0.05) is 35.2 Å². The number of aromatic nitrogens is 3. The number of nitrogens with zero attached hydrogens (tertiary/aromatic N) is 3. The van der Waals surface area contributed by atoms with Crippen LogP contribution in [0.4, 0.5) is 11.4 Å². The maximum atomic E-state index is 12.5. The average molecular weight is 614 g/mol. The van der Waals surface area contributed by atoms with Gasteiger partial charge in [0.1, 0.15) is 0 Å². The number of amides is 1. The van der Waals surface area contributed by atoms with Gasteiger partial charge >= 0.3 is 0 Å². The summed E-state index contributed by atoms with van der Waals surface area (Å²) in [6, 6.07) is 24.6. The van der Waals surface area contributed by atoms with E-state index in [4.69, 9.17) is 10.5 Å². The van der Waals surface area contributed by atoms with Crippen molar-refractivity contribution in [3.63, 3.8) is 0 Å². The Kier molecular flexibility index (Phi) is 9.95. The zero-order valence-corrected chi connectivity index (χ0v) is 26.6. The van der Waals surface area contributed by atoms with Gasteiger partial charge < -0.3 is 25.7 Å². The van der Waals surface area contributed by atoms with Crippen LogP contribution in [0.15, 0.2) is 85.1 Å². The van der Waals surface area contributed by atoms with Crippen LogP contribution in [0, 0.1) is 5.92 Å². The summed E-state index contributed by atoms with van der Waals surface area (Å²) in [7, 11) is -2.51. The molecule has 5 rings (SSSR count). The molecule has 0 saturated carbocycles. The number of ether oxygens (including phenoxy) is 1. The molecule has 44 heavy (non-hydrogen) atoms. The van der Waals surface area contributed by atoms with E-state index in [1.54, 1.807) is 24.3 Å². The van der Waals surface area contributed by atoms with Gasteiger partial charge in [0.2, 0.25) is 0 Å². The summed E-state index contributed by atoms with van der Waals surface area (Å²) in [5.74, 6) is -0.165. The number of rotatable bonds is 12. The first-order chi connectivity index (χ1) is 21.1. The normalized spacial score (nSPS) is 20.8. The van der Waals surface area contributed by atoms with E-state index in [1.165, 1.54) is 5.56 Å². The van der Waals surface area contributed by atoms with Crippen molar-refractivity contribution in [2.75, 3.05) is 17.7 Å². The Morgan fingerprint density at radius 1 is 1.02 bits per heavy atom. The van der Waals surface area contributed by atoms with Crippen LogP contribution in [0.5, 0.6) is 0 Å². The highest BCUT2D eigenvalue weighted by Gasteiger charge is 2.49. The number of nitrogen functional groups attached to an aromatic ring is 1. The van der Waals surface area contributed by atoms with Crippen molar-refractivity contribution in [2.24, 2.45) is 5.92 Å². The minimum Gasteiger partial charge on any atom is -0.432 e. The monoisotopic (exact) mass is 613 g/mol.